The summed E-state index contributed by atoms with van der Waals surface area (Å²) in [6.07, 6.45) is 2.39. The molecular formula is C17H24N2O2. The number of methoxy groups -OCH3 is 1. The highest BCUT2D eigenvalue weighted by Crippen LogP contribution is 2.28. The Morgan fingerprint density at radius 3 is 3.05 bits per heavy atom. The predicted molar refractivity (Wildman–Crippen MR) is 84.7 cm³/mol. The lowest BCUT2D eigenvalue weighted by Crippen LogP contribution is -2.45. The second kappa shape index (κ2) is 6.08. The van der Waals surface area contributed by atoms with Gasteiger partial charge in [-0.15, -0.1) is 0 Å². The van der Waals surface area contributed by atoms with Crippen molar-refractivity contribution in [2.75, 3.05) is 20.7 Å². The summed E-state index contributed by atoms with van der Waals surface area (Å²) in [6, 6.07) is 9.30. The van der Waals surface area contributed by atoms with Crippen molar-refractivity contribution >= 4 is 11.0 Å². The van der Waals surface area contributed by atoms with Crippen LogP contribution in [0, 0.1) is 0 Å². The second-order valence-electron chi connectivity index (χ2n) is 6.02. The highest BCUT2D eigenvalue weighted by molar-refractivity contribution is 5.83. The van der Waals surface area contributed by atoms with Crippen molar-refractivity contribution in [1.82, 2.24) is 10.2 Å². The van der Waals surface area contributed by atoms with E-state index in [1.807, 2.05) is 12.1 Å². The third kappa shape index (κ3) is 3.06. The van der Waals surface area contributed by atoms with Crippen LogP contribution < -0.4 is 10.1 Å². The largest absolute Gasteiger partial charge is 0.493 e. The van der Waals surface area contributed by atoms with Gasteiger partial charge in [-0.1, -0.05) is 12.1 Å². The molecular weight excluding hydrogens is 264 g/mol. The molecule has 114 valence electrons. The Balaban J connectivity index is 1.66. The normalized spacial score (nSPS) is 23.6. The van der Waals surface area contributed by atoms with Crippen LogP contribution in [0.3, 0.4) is 0 Å². The molecule has 2 heterocycles. The first-order valence-corrected chi connectivity index (χ1v) is 7.66. The molecule has 0 bridgehead atoms. The average Bonchev–Trinajstić information content (AvgIpc) is 2.91. The molecule has 0 spiro atoms. The number of likely N-dealkylation sites (tertiary alicyclic amines) is 1. The predicted octanol–water partition coefficient (Wildman–Crippen LogP) is 3.01. The van der Waals surface area contributed by atoms with Gasteiger partial charge in [0, 0.05) is 17.5 Å². The van der Waals surface area contributed by atoms with E-state index in [1.54, 1.807) is 7.11 Å². The molecule has 0 amide bonds. The molecule has 1 aliphatic heterocycles. The van der Waals surface area contributed by atoms with E-state index in [1.165, 1.54) is 12.8 Å². The fraction of sp³-hybridized carbons (Fsp3) is 0.529. The molecule has 1 saturated heterocycles. The van der Waals surface area contributed by atoms with Crippen LogP contribution in [0.5, 0.6) is 5.75 Å². The van der Waals surface area contributed by atoms with E-state index >= 15 is 0 Å². The molecule has 0 saturated carbocycles. The zero-order valence-electron chi connectivity index (χ0n) is 13.1. The summed E-state index contributed by atoms with van der Waals surface area (Å²) in [4.78, 5) is 2.42. The maximum atomic E-state index is 5.93. The standard InChI is InChI=1S/C17H24N2O2/c1-12-9-14(7-8-19(12)2)18-11-15-10-13-5-4-6-16(20-3)17(13)21-15/h4-6,10,12,14,18H,7-9,11H2,1-3H3. The molecule has 21 heavy (non-hydrogen) atoms. The van der Waals surface area contributed by atoms with Gasteiger partial charge >= 0.3 is 0 Å². The number of benzene rings is 1. The van der Waals surface area contributed by atoms with Crippen LogP contribution in [0.1, 0.15) is 25.5 Å². The van der Waals surface area contributed by atoms with Gasteiger partial charge < -0.3 is 19.4 Å². The average molecular weight is 288 g/mol. The van der Waals surface area contributed by atoms with Gasteiger partial charge in [0.15, 0.2) is 11.3 Å². The molecule has 2 aromatic rings. The second-order valence-corrected chi connectivity index (χ2v) is 6.02. The van der Waals surface area contributed by atoms with E-state index < -0.39 is 0 Å². The van der Waals surface area contributed by atoms with Crippen LogP contribution in [0.25, 0.3) is 11.0 Å². The number of fused-ring (bicyclic) bond motifs is 1. The molecule has 1 N–H and O–H groups in total. The van der Waals surface area contributed by atoms with Gasteiger partial charge in [-0.2, -0.15) is 0 Å². The summed E-state index contributed by atoms with van der Waals surface area (Å²) in [5.41, 5.74) is 0.841. The molecule has 4 nitrogen and oxygen atoms in total. The van der Waals surface area contributed by atoms with Gasteiger partial charge in [-0.05, 0) is 45.5 Å². The minimum Gasteiger partial charge on any atom is -0.493 e. The maximum absolute atomic E-state index is 5.93. The summed E-state index contributed by atoms with van der Waals surface area (Å²) in [5.74, 6) is 1.77. The van der Waals surface area contributed by atoms with Crippen molar-refractivity contribution in [2.45, 2.75) is 38.4 Å². The smallest absolute Gasteiger partial charge is 0.176 e. The van der Waals surface area contributed by atoms with Crippen LogP contribution in [0.2, 0.25) is 0 Å². The molecule has 2 unspecified atom stereocenters. The molecule has 0 aliphatic carbocycles. The fourth-order valence-corrected chi connectivity index (χ4v) is 3.06. The van der Waals surface area contributed by atoms with Crippen LogP contribution in [-0.2, 0) is 6.54 Å². The van der Waals surface area contributed by atoms with Crippen molar-refractivity contribution < 1.29 is 9.15 Å². The molecule has 1 aromatic carbocycles. The van der Waals surface area contributed by atoms with E-state index in [4.69, 9.17) is 9.15 Å². The van der Waals surface area contributed by atoms with Crippen molar-refractivity contribution in [3.8, 4) is 5.75 Å². The summed E-state index contributed by atoms with van der Waals surface area (Å²) in [5, 5.41) is 4.73. The quantitative estimate of drug-likeness (QED) is 0.938. The summed E-state index contributed by atoms with van der Waals surface area (Å²) < 4.78 is 11.3. The zero-order valence-corrected chi connectivity index (χ0v) is 13.1. The summed E-state index contributed by atoms with van der Waals surface area (Å²) in [6.45, 7) is 4.23. The van der Waals surface area contributed by atoms with Crippen LogP contribution in [0.15, 0.2) is 28.7 Å². The van der Waals surface area contributed by atoms with Crippen molar-refractivity contribution in [3.63, 3.8) is 0 Å². The Labute approximate surface area is 126 Å². The number of para-hydroxylation sites is 1. The van der Waals surface area contributed by atoms with Crippen molar-refractivity contribution in [1.29, 1.82) is 0 Å². The van der Waals surface area contributed by atoms with Gasteiger partial charge in [0.25, 0.3) is 0 Å². The molecule has 0 radical (unpaired) electrons. The van der Waals surface area contributed by atoms with Crippen molar-refractivity contribution in [2.24, 2.45) is 0 Å². The lowest BCUT2D eigenvalue weighted by atomic mass is 9.99. The van der Waals surface area contributed by atoms with E-state index in [0.717, 1.165) is 35.6 Å². The minimum atomic E-state index is 0.575. The number of hydrogen-bond donors (Lipinski definition) is 1. The van der Waals surface area contributed by atoms with Crippen LogP contribution >= 0.6 is 0 Å². The number of piperidine rings is 1. The number of nitrogens with zero attached hydrogens (tertiary/aromatic N) is 1. The lowest BCUT2D eigenvalue weighted by molar-refractivity contribution is 0.167. The highest BCUT2D eigenvalue weighted by Gasteiger charge is 2.22. The Hall–Kier alpha value is -1.52. The van der Waals surface area contributed by atoms with Gasteiger partial charge in [-0.25, -0.2) is 0 Å². The topological polar surface area (TPSA) is 37.6 Å². The number of nitrogens with one attached hydrogen (secondary N) is 1. The first kappa shape index (κ1) is 14.4. The first-order valence-electron chi connectivity index (χ1n) is 7.66. The SMILES string of the molecule is COc1cccc2cc(CNC3CCN(C)C(C)C3)oc12. The monoisotopic (exact) mass is 288 g/mol. The number of hydrogen-bond acceptors (Lipinski definition) is 4. The molecule has 1 aromatic heterocycles. The first-order chi connectivity index (χ1) is 10.2. The maximum Gasteiger partial charge on any atom is 0.176 e. The van der Waals surface area contributed by atoms with Crippen LogP contribution in [0.4, 0.5) is 0 Å². The Morgan fingerprint density at radius 2 is 2.29 bits per heavy atom. The Kier molecular flexibility index (Phi) is 4.17. The number of furan rings is 1. The lowest BCUT2D eigenvalue weighted by Gasteiger charge is -2.35. The van der Waals surface area contributed by atoms with Gasteiger partial charge in [0.1, 0.15) is 5.76 Å². The zero-order chi connectivity index (χ0) is 14.8. The van der Waals surface area contributed by atoms with E-state index in [9.17, 15) is 0 Å². The molecule has 2 atom stereocenters. The van der Waals surface area contributed by atoms with E-state index in [2.05, 4.69) is 36.3 Å². The van der Waals surface area contributed by atoms with Gasteiger partial charge in [-0.3, -0.25) is 0 Å². The molecule has 1 fully saturated rings. The third-order valence-corrected chi connectivity index (χ3v) is 4.55. The van der Waals surface area contributed by atoms with Crippen LogP contribution in [-0.4, -0.2) is 37.7 Å². The van der Waals surface area contributed by atoms with E-state index in [0.29, 0.717) is 12.1 Å². The minimum absolute atomic E-state index is 0.575. The molecule has 4 heteroatoms. The fourth-order valence-electron chi connectivity index (χ4n) is 3.06. The highest BCUT2D eigenvalue weighted by atomic mass is 16.5. The number of rotatable bonds is 4. The van der Waals surface area contributed by atoms with Gasteiger partial charge in [0.2, 0.25) is 0 Å². The van der Waals surface area contributed by atoms with Gasteiger partial charge in [0.05, 0.1) is 13.7 Å². The third-order valence-electron chi connectivity index (χ3n) is 4.55. The molecule has 1 aliphatic rings. The summed E-state index contributed by atoms with van der Waals surface area (Å²) in [7, 11) is 3.88. The number of ether oxygens (including phenoxy) is 1. The van der Waals surface area contributed by atoms with E-state index in [-0.39, 0.29) is 0 Å². The molecule has 3 rings (SSSR count). The summed E-state index contributed by atoms with van der Waals surface area (Å²) >= 11 is 0. The Morgan fingerprint density at radius 1 is 1.43 bits per heavy atom. The Bertz CT molecular complexity index is 608. The van der Waals surface area contributed by atoms with Crippen molar-refractivity contribution in [3.05, 3.63) is 30.0 Å².